The Morgan fingerprint density at radius 3 is 2.62 bits per heavy atom. The van der Waals surface area contributed by atoms with Crippen LogP contribution in [0.4, 0.5) is 0 Å². The first-order valence-corrected chi connectivity index (χ1v) is 6.58. The third-order valence-corrected chi connectivity index (χ3v) is 4.02. The van der Waals surface area contributed by atoms with E-state index in [-0.39, 0.29) is 5.41 Å². The van der Waals surface area contributed by atoms with Crippen LogP contribution in [0.15, 0.2) is 21.2 Å². The summed E-state index contributed by atoms with van der Waals surface area (Å²) in [6, 6.07) is 1.85. The lowest BCUT2D eigenvalue weighted by Gasteiger charge is -2.43. The Morgan fingerprint density at radius 2 is 2.12 bits per heavy atom. The first-order chi connectivity index (χ1) is 7.32. The molecule has 16 heavy (non-hydrogen) atoms. The Hall–Kier alpha value is -0.280. The molecule has 3 heteroatoms. The van der Waals surface area contributed by atoms with E-state index >= 15 is 0 Å². The number of hydrogen-bond acceptors (Lipinski definition) is 2. The van der Waals surface area contributed by atoms with Crippen LogP contribution >= 0.6 is 15.9 Å². The monoisotopic (exact) mass is 286 g/mol. The number of rotatable bonds is 1. The summed E-state index contributed by atoms with van der Waals surface area (Å²) in [5.41, 5.74) is -0.651. The number of hydrogen-bond donors (Lipinski definition) is 1. The summed E-state index contributed by atoms with van der Waals surface area (Å²) in [5.74, 6) is 1.21. The molecule has 0 aliphatic heterocycles. The van der Waals surface area contributed by atoms with E-state index in [1.807, 2.05) is 6.07 Å². The highest BCUT2D eigenvalue weighted by Crippen LogP contribution is 2.50. The largest absolute Gasteiger partial charge is 0.465 e. The number of furan rings is 1. The molecule has 0 saturated heterocycles. The molecule has 1 fully saturated rings. The molecule has 1 aromatic heterocycles. The van der Waals surface area contributed by atoms with Crippen molar-refractivity contribution < 1.29 is 9.52 Å². The predicted octanol–water partition coefficient (Wildman–Crippen LogP) is 4.08. The Kier molecular flexibility index (Phi) is 2.96. The fourth-order valence-electron chi connectivity index (χ4n) is 3.33. The highest BCUT2D eigenvalue weighted by atomic mass is 79.9. The average Bonchev–Trinajstić information content (AvgIpc) is 2.46. The van der Waals surface area contributed by atoms with Crippen LogP contribution < -0.4 is 0 Å². The first kappa shape index (κ1) is 12.2. The molecule has 1 aliphatic carbocycles. The fraction of sp³-hybridized carbons (Fsp3) is 0.692. The molecule has 2 atom stereocenters. The van der Waals surface area contributed by atoms with Gasteiger partial charge in [0.15, 0.2) is 0 Å². The lowest BCUT2D eigenvalue weighted by Crippen LogP contribution is -2.39. The molecule has 0 amide bonds. The molecule has 1 heterocycles. The van der Waals surface area contributed by atoms with Crippen molar-refractivity contribution in [3.63, 3.8) is 0 Å². The Morgan fingerprint density at radius 1 is 1.44 bits per heavy atom. The van der Waals surface area contributed by atoms with E-state index in [9.17, 15) is 5.11 Å². The molecule has 90 valence electrons. The molecular formula is C13H19BrO2. The molecule has 2 nitrogen and oxygen atoms in total. The van der Waals surface area contributed by atoms with E-state index in [1.54, 1.807) is 6.26 Å². The van der Waals surface area contributed by atoms with Gasteiger partial charge in [0.2, 0.25) is 0 Å². The Labute approximate surface area is 105 Å². The van der Waals surface area contributed by atoms with E-state index in [4.69, 9.17) is 4.42 Å². The first-order valence-electron chi connectivity index (χ1n) is 5.78. The summed E-state index contributed by atoms with van der Waals surface area (Å²) < 4.78 is 6.33. The van der Waals surface area contributed by atoms with Crippen molar-refractivity contribution in [2.75, 3.05) is 0 Å². The van der Waals surface area contributed by atoms with Crippen LogP contribution in [-0.4, -0.2) is 5.11 Å². The van der Waals surface area contributed by atoms with Gasteiger partial charge in [-0.15, -0.1) is 0 Å². The Bertz CT molecular complexity index is 383. The molecule has 2 rings (SSSR count). The molecule has 1 aliphatic rings. The minimum atomic E-state index is -0.816. The van der Waals surface area contributed by atoms with E-state index in [0.717, 1.165) is 23.7 Å². The van der Waals surface area contributed by atoms with E-state index in [2.05, 4.69) is 36.7 Å². The molecule has 0 aromatic carbocycles. The third kappa shape index (κ3) is 2.21. The van der Waals surface area contributed by atoms with Crippen LogP contribution in [0.3, 0.4) is 0 Å². The van der Waals surface area contributed by atoms with Crippen LogP contribution in [0.25, 0.3) is 0 Å². The van der Waals surface area contributed by atoms with Crippen molar-refractivity contribution in [3.8, 4) is 0 Å². The van der Waals surface area contributed by atoms with Gasteiger partial charge in [-0.25, -0.2) is 0 Å². The fourth-order valence-corrected chi connectivity index (χ4v) is 3.90. The predicted molar refractivity (Wildman–Crippen MR) is 67.1 cm³/mol. The minimum Gasteiger partial charge on any atom is -0.465 e. The maximum atomic E-state index is 10.8. The van der Waals surface area contributed by atoms with Gasteiger partial charge >= 0.3 is 0 Å². The molecular weight excluding hydrogens is 268 g/mol. The molecule has 0 bridgehead atoms. The van der Waals surface area contributed by atoms with Crippen LogP contribution in [0.5, 0.6) is 0 Å². The maximum Gasteiger partial charge on any atom is 0.149 e. The number of aliphatic hydroxyl groups is 1. The van der Waals surface area contributed by atoms with E-state index < -0.39 is 5.60 Å². The van der Waals surface area contributed by atoms with Gasteiger partial charge in [0.1, 0.15) is 11.4 Å². The Balaban J connectivity index is 2.34. The van der Waals surface area contributed by atoms with E-state index in [1.165, 1.54) is 0 Å². The SMILES string of the molecule is CC1CC(C)(C)CC(O)(c2occc2Br)C1. The summed E-state index contributed by atoms with van der Waals surface area (Å²) in [4.78, 5) is 0. The standard InChI is InChI=1S/C13H19BrO2/c1-9-6-12(2,3)8-13(15,7-9)11-10(14)4-5-16-11/h4-5,9,15H,6-8H2,1-3H3. The zero-order valence-corrected chi connectivity index (χ0v) is 11.7. The summed E-state index contributed by atoms with van der Waals surface area (Å²) in [7, 11) is 0. The second-order valence-electron chi connectivity index (χ2n) is 5.98. The van der Waals surface area contributed by atoms with Crippen molar-refractivity contribution in [1.82, 2.24) is 0 Å². The minimum absolute atomic E-state index is 0.165. The van der Waals surface area contributed by atoms with Crippen molar-refractivity contribution in [2.24, 2.45) is 11.3 Å². The average molecular weight is 287 g/mol. The molecule has 1 aromatic rings. The highest BCUT2D eigenvalue weighted by Gasteiger charge is 2.45. The quantitative estimate of drug-likeness (QED) is 0.844. The van der Waals surface area contributed by atoms with Gasteiger partial charge in [-0.3, -0.25) is 0 Å². The van der Waals surface area contributed by atoms with Crippen molar-refractivity contribution in [1.29, 1.82) is 0 Å². The van der Waals surface area contributed by atoms with E-state index in [0.29, 0.717) is 11.7 Å². The van der Waals surface area contributed by atoms with Crippen molar-refractivity contribution in [2.45, 2.75) is 45.6 Å². The van der Waals surface area contributed by atoms with Gasteiger partial charge in [0.05, 0.1) is 10.7 Å². The molecule has 0 radical (unpaired) electrons. The second kappa shape index (κ2) is 3.88. The van der Waals surface area contributed by atoms with Gasteiger partial charge in [-0.05, 0) is 52.6 Å². The smallest absolute Gasteiger partial charge is 0.149 e. The third-order valence-electron chi connectivity index (χ3n) is 3.40. The zero-order chi connectivity index (χ0) is 12.0. The molecule has 2 unspecified atom stereocenters. The normalized spacial score (nSPS) is 33.9. The number of halogens is 1. The molecule has 1 N–H and O–H groups in total. The van der Waals surface area contributed by atoms with Crippen molar-refractivity contribution >= 4 is 15.9 Å². The molecule has 0 spiro atoms. The zero-order valence-electron chi connectivity index (χ0n) is 10.1. The lowest BCUT2D eigenvalue weighted by atomic mass is 9.65. The summed E-state index contributed by atoms with van der Waals surface area (Å²) in [6.07, 6.45) is 4.33. The van der Waals surface area contributed by atoms with Crippen LogP contribution in [0.1, 0.15) is 45.8 Å². The van der Waals surface area contributed by atoms with Crippen LogP contribution in [0, 0.1) is 11.3 Å². The van der Waals surface area contributed by atoms with Crippen LogP contribution in [0.2, 0.25) is 0 Å². The van der Waals surface area contributed by atoms with Crippen LogP contribution in [-0.2, 0) is 5.60 Å². The highest BCUT2D eigenvalue weighted by molar-refractivity contribution is 9.10. The summed E-state index contributed by atoms with van der Waals surface area (Å²) in [5, 5.41) is 10.8. The summed E-state index contributed by atoms with van der Waals surface area (Å²) in [6.45, 7) is 6.62. The second-order valence-corrected chi connectivity index (χ2v) is 6.84. The van der Waals surface area contributed by atoms with Gasteiger partial charge in [-0.2, -0.15) is 0 Å². The van der Waals surface area contributed by atoms with Gasteiger partial charge in [0.25, 0.3) is 0 Å². The lowest BCUT2D eigenvalue weighted by molar-refractivity contribution is -0.0781. The topological polar surface area (TPSA) is 33.4 Å². The maximum absolute atomic E-state index is 10.8. The van der Waals surface area contributed by atoms with Gasteiger partial charge < -0.3 is 9.52 Å². The van der Waals surface area contributed by atoms with Crippen molar-refractivity contribution in [3.05, 3.63) is 22.6 Å². The van der Waals surface area contributed by atoms with Gasteiger partial charge in [0, 0.05) is 0 Å². The van der Waals surface area contributed by atoms with Gasteiger partial charge in [-0.1, -0.05) is 20.8 Å². The molecule has 1 saturated carbocycles. The summed E-state index contributed by atoms with van der Waals surface area (Å²) >= 11 is 3.44.